The number of pyridine rings is 1. The largest absolute Gasteiger partial charge is 0.365 e. The first-order valence-electron chi connectivity index (χ1n) is 7.55. The van der Waals surface area contributed by atoms with Crippen LogP contribution in [0.1, 0.15) is 24.2 Å². The van der Waals surface area contributed by atoms with Crippen molar-refractivity contribution in [2.24, 2.45) is 0 Å². The average Bonchev–Trinajstić information content (AvgIpc) is 2.50. The lowest BCUT2D eigenvalue weighted by molar-refractivity contribution is 0.525. The summed E-state index contributed by atoms with van der Waals surface area (Å²) >= 11 is 3.51. The van der Waals surface area contributed by atoms with Crippen LogP contribution in [0.2, 0.25) is 0 Å². The van der Waals surface area contributed by atoms with Crippen molar-refractivity contribution < 1.29 is 0 Å². The lowest BCUT2D eigenvalue weighted by atomic mass is 10.1. The molecule has 116 valence electrons. The van der Waals surface area contributed by atoms with Gasteiger partial charge in [0.15, 0.2) is 0 Å². The van der Waals surface area contributed by atoms with Gasteiger partial charge in [-0.3, -0.25) is 0 Å². The fourth-order valence-electron chi connectivity index (χ4n) is 2.75. The first kappa shape index (κ1) is 15.2. The van der Waals surface area contributed by atoms with E-state index in [1.165, 1.54) is 0 Å². The van der Waals surface area contributed by atoms with Crippen LogP contribution in [0.25, 0.3) is 0 Å². The normalized spacial score (nSPS) is 18.3. The third-order valence-electron chi connectivity index (χ3n) is 3.91. The second-order valence-corrected chi connectivity index (χ2v) is 6.57. The Morgan fingerprint density at radius 2 is 2.14 bits per heavy atom. The lowest BCUT2D eigenvalue weighted by Gasteiger charge is -2.34. The SMILES string of the molecule is Cc1cc(NC2CCCN(c3ccc(Br)c(C)n3)C2)ncn1. The van der Waals surface area contributed by atoms with E-state index in [0.717, 1.165) is 53.4 Å². The number of rotatable bonds is 3. The summed E-state index contributed by atoms with van der Waals surface area (Å²) in [6.45, 7) is 6.00. The molecule has 0 amide bonds. The number of aryl methyl sites for hydroxylation is 2. The molecule has 3 heterocycles. The maximum atomic E-state index is 4.68. The molecule has 1 N–H and O–H groups in total. The van der Waals surface area contributed by atoms with Crippen LogP contribution < -0.4 is 10.2 Å². The quantitative estimate of drug-likeness (QED) is 0.908. The highest BCUT2D eigenvalue weighted by atomic mass is 79.9. The number of nitrogens with zero attached hydrogens (tertiary/aromatic N) is 4. The molecule has 0 aliphatic carbocycles. The Hall–Kier alpha value is -1.69. The molecule has 2 aromatic rings. The summed E-state index contributed by atoms with van der Waals surface area (Å²) < 4.78 is 1.05. The summed E-state index contributed by atoms with van der Waals surface area (Å²) in [5, 5.41) is 3.52. The van der Waals surface area contributed by atoms with Gasteiger partial charge >= 0.3 is 0 Å². The van der Waals surface area contributed by atoms with Crippen LogP contribution in [0.4, 0.5) is 11.6 Å². The van der Waals surface area contributed by atoms with Gasteiger partial charge in [-0.15, -0.1) is 0 Å². The van der Waals surface area contributed by atoms with Crippen molar-refractivity contribution in [2.45, 2.75) is 32.7 Å². The molecule has 22 heavy (non-hydrogen) atoms. The van der Waals surface area contributed by atoms with Crippen molar-refractivity contribution >= 4 is 27.6 Å². The summed E-state index contributed by atoms with van der Waals surface area (Å²) in [7, 11) is 0. The summed E-state index contributed by atoms with van der Waals surface area (Å²) in [6.07, 6.45) is 3.91. The number of nitrogens with one attached hydrogen (secondary N) is 1. The van der Waals surface area contributed by atoms with Crippen molar-refractivity contribution in [1.82, 2.24) is 15.0 Å². The van der Waals surface area contributed by atoms with Gasteiger partial charge in [-0.05, 0) is 54.8 Å². The number of aromatic nitrogens is 3. The van der Waals surface area contributed by atoms with Crippen LogP contribution in [0.15, 0.2) is 29.0 Å². The molecule has 0 radical (unpaired) electrons. The monoisotopic (exact) mass is 361 g/mol. The number of hydrogen-bond donors (Lipinski definition) is 1. The van der Waals surface area contributed by atoms with Crippen LogP contribution in [-0.2, 0) is 0 Å². The minimum absolute atomic E-state index is 0.383. The van der Waals surface area contributed by atoms with Crippen LogP contribution in [0, 0.1) is 13.8 Å². The Morgan fingerprint density at radius 3 is 2.91 bits per heavy atom. The molecule has 1 saturated heterocycles. The zero-order valence-corrected chi connectivity index (χ0v) is 14.5. The highest BCUT2D eigenvalue weighted by Crippen LogP contribution is 2.23. The first-order valence-corrected chi connectivity index (χ1v) is 8.34. The Labute approximate surface area is 139 Å². The molecule has 5 nitrogen and oxygen atoms in total. The number of anilines is 2. The van der Waals surface area contributed by atoms with Crippen molar-refractivity contribution in [1.29, 1.82) is 0 Å². The molecular formula is C16H20BrN5. The summed E-state index contributed by atoms with van der Waals surface area (Å²) in [4.78, 5) is 15.5. The van der Waals surface area contributed by atoms with Gasteiger partial charge < -0.3 is 10.2 Å². The third kappa shape index (κ3) is 3.55. The van der Waals surface area contributed by atoms with Gasteiger partial charge in [0.25, 0.3) is 0 Å². The Balaban J connectivity index is 1.69. The standard InChI is InChI=1S/C16H20BrN5/c1-11-8-15(19-10-18-11)21-13-4-3-7-22(9-13)16-6-5-14(17)12(2)20-16/h5-6,8,10,13H,3-4,7,9H2,1-2H3,(H,18,19,21). The molecule has 1 aliphatic rings. The van der Waals surface area contributed by atoms with Gasteiger partial charge in [0.05, 0.1) is 5.69 Å². The van der Waals surface area contributed by atoms with Gasteiger partial charge in [0, 0.05) is 35.4 Å². The summed E-state index contributed by atoms with van der Waals surface area (Å²) in [5.41, 5.74) is 2.01. The number of piperidine rings is 1. The number of hydrogen-bond acceptors (Lipinski definition) is 5. The second-order valence-electron chi connectivity index (χ2n) is 5.71. The molecule has 1 unspecified atom stereocenters. The molecule has 2 aromatic heterocycles. The van der Waals surface area contributed by atoms with E-state index in [-0.39, 0.29) is 0 Å². The summed E-state index contributed by atoms with van der Waals surface area (Å²) in [6, 6.07) is 6.52. The second kappa shape index (κ2) is 6.60. The molecule has 0 saturated carbocycles. The minimum atomic E-state index is 0.383. The van der Waals surface area contributed by atoms with Crippen molar-refractivity contribution in [3.05, 3.63) is 40.4 Å². The van der Waals surface area contributed by atoms with Gasteiger partial charge in [0.2, 0.25) is 0 Å². The lowest BCUT2D eigenvalue weighted by Crippen LogP contribution is -2.42. The zero-order valence-electron chi connectivity index (χ0n) is 12.9. The van der Waals surface area contributed by atoms with E-state index >= 15 is 0 Å². The van der Waals surface area contributed by atoms with Crippen LogP contribution in [0.5, 0.6) is 0 Å². The molecule has 0 spiro atoms. The molecule has 1 atom stereocenters. The molecule has 0 bridgehead atoms. The molecule has 0 aromatic carbocycles. The minimum Gasteiger partial charge on any atom is -0.365 e. The predicted octanol–water partition coefficient (Wildman–Crippen LogP) is 3.33. The fraction of sp³-hybridized carbons (Fsp3) is 0.438. The van der Waals surface area contributed by atoms with Gasteiger partial charge in [-0.1, -0.05) is 0 Å². The highest BCUT2D eigenvalue weighted by Gasteiger charge is 2.21. The van der Waals surface area contributed by atoms with Gasteiger partial charge in [0.1, 0.15) is 18.0 Å². The van der Waals surface area contributed by atoms with E-state index in [1.807, 2.05) is 19.9 Å². The van der Waals surface area contributed by atoms with Crippen LogP contribution in [0.3, 0.4) is 0 Å². The Bertz CT molecular complexity index is 661. The Morgan fingerprint density at radius 1 is 1.27 bits per heavy atom. The fourth-order valence-corrected chi connectivity index (χ4v) is 2.97. The van der Waals surface area contributed by atoms with E-state index < -0.39 is 0 Å². The van der Waals surface area contributed by atoms with Crippen LogP contribution in [-0.4, -0.2) is 34.1 Å². The van der Waals surface area contributed by atoms with Crippen molar-refractivity contribution in [3.8, 4) is 0 Å². The van der Waals surface area contributed by atoms with E-state index in [4.69, 9.17) is 0 Å². The van der Waals surface area contributed by atoms with E-state index in [9.17, 15) is 0 Å². The van der Waals surface area contributed by atoms with Gasteiger partial charge in [-0.2, -0.15) is 0 Å². The topological polar surface area (TPSA) is 53.9 Å². The molecular weight excluding hydrogens is 342 g/mol. The maximum Gasteiger partial charge on any atom is 0.129 e. The van der Waals surface area contributed by atoms with Crippen molar-refractivity contribution in [3.63, 3.8) is 0 Å². The highest BCUT2D eigenvalue weighted by molar-refractivity contribution is 9.10. The maximum absolute atomic E-state index is 4.68. The van der Waals surface area contributed by atoms with E-state index in [2.05, 4.69) is 53.2 Å². The van der Waals surface area contributed by atoms with Crippen LogP contribution >= 0.6 is 15.9 Å². The van der Waals surface area contributed by atoms with Gasteiger partial charge in [-0.25, -0.2) is 15.0 Å². The number of halogens is 1. The molecule has 3 rings (SSSR count). The van der Waals surface area contributed by atoms with E-state index in [1.54, 1.807) is 6.33 Å². The Kier molecular flexibility index (Phi) is 4.57. The summed E-state index contributed by atoms with van der Waals surface area (Å²) in [5.74, 6) is 1.95. The zero-order chi connectivity index (χ0) is 15.5. The first-order chi connectivity index (χ1) is 10.6. The third-order valence-corrected chi connectivity index (χ3v) is 4.75. The van der Waals surface area contributed by atoms with E-state index in [0.29, 0.717) is 6.04 Å². The van der Waals surface area contributed by atoms with Crippen molar-refractivity contribution in [2.75, 3.05) is 23.3 Å². The molecule has 1 aliphatic heterocycles. The molecule has 6 heteroatoms. The predicted molar refractivity (Wildman–Crippen MR) is 92.3 cm³/mol. The average molecular weight is 362 g/mol. The smallest absolute Gasteiger partial charge is 0.129 e. The molecule has 1 fully saturated rings.